The average molecular weight is 1130 g/mol. The quantitative estimate of drug-likeness (QED) is 0.0154. The van der Waals surface area contributed by atoms with Crippen LogP contribution in [0.1, 0.15) is 131 Å². The van der Waals surface area contributed by atoms with Gasteiger partial charge in [0, 0.05) is 19.4 Å². The molecular formula is C48H87N15O16. The standard InChI is InChI=1S/C48H87N15O16/c1-6-25(4)37(45(76)58-30(16-18-35(66)67)40(71)57-29(15-17-34(52)65)41(72)59-31(47(78)79)13-8-10-20-50)62-44(75)32(22-24(2)3)61-46(77)38(26(5)64)63-42(73)28(14-11-21-55-48(53)54)56-43(74)33(23-36(68)69)60-39(70)27(51)12-7-9-19-49/h24-33,37-38,64H,6-23,49-51H2,1-5H3,(H2,52,65)(H,56,74)(H,57,71)(H,58,76)(H,59,72)(H,60,70)(H,61,77)(H,62,75)(H,63,73)(H,66,67)(H,68,69)(H,78,79)(H4,53,54,55)/t25-,26+,27-,28-,29-,30-,31-,32-,33-,37-,38-/m0/s1. The van der Waals surface area contributed by atoms with Gasteiger partial charge in [-0.25, -0.2) is 4.79 Å². The van der Waals surface area contributed by atoms with Gasteiger partial charge in [-0.05, 0) is 96.1 Å². The van der Waals surface area contributed by atoms with Gasteiger partial charge in [0.15, 0.2) is 5.96 Å². The van der Waals surface area contributed by atoms with Crippen molar-refractivity contribution in [2.24, 2.45) is 51.2 Å². The fourth-order valence-corrected chi connectivity index (χ4v) is 7.57. The summed E-state index contributed by atoms with van der Waals surface area (Å²) in [6, 6.07) is -14.0. The molecule has 0 spiro atoms. The van der Waals surface area contributed by atoms with Gasteiger partial charge in [-0.2, -0.15) is 0 Å². The lowest BCUT2D eigenvalue weighted by atomic mass is 9.96. The smallest absolute Gasteiger partial charge is 0.326 e. The number of carbonyl (C=O) groups is 12. The number of rotatable bonds is 42. The molecule has 31 nitrogen and oxygen atoms in total. The summed E-state index contributed by atoms with van der Waals surface area (Å²) in [5, 5.41) is 58.8. The summed E-state index contributed by atoms with van der Waals surface area (Å²) in [6.07, 6.45) is -2.92. The third-order valence-electron chi connectivity index (χ3n) is 12.2. The largest absolute Gasteiger partial charge is 0.481 e. The molecule has 24 N–H and O–H groups in total. The molecule has 11 atom stereocenters. The van der Waals surface area contributed by atoms with Crippen LogP contribution in [-0.2, 0) is 57.5 Å². The average Bonchev–Trinajstić information content (AvgIpc) is 3.35. The van der Waals surface area contributed by atoms with E-state index in [4.69, 9.17) is 34.4 Å². The fraction of sp³-hybridized carbons (Fsp3) is 0.729. The van der Waals surface area contributed by atoms with E-state index in [1.165, 1.54) is 0 Å². The Balaban J connectivity index is 6.83. The van der Waals surface area contributed by atoms with Crippen molar-refractivity contribution in [3.63, 3.8) is 0 Å². The van der Waals surface area contributed by atoms with E-state index >= 15 is 0 Å². The van der Waals surface area contributed by atoms with Crippen molar-refractivity contribution in [3.05, 3.63) is 0 Å². The SMILES string of the molecule is CC[C@H](C)[C@H](NC(=O)[C@H](CC(C)C)NC(=O)[C@@H](NC(=O)[C@H](CCCN=C(N)N)NC(=O)[C@H](CC(=O)O)NC(=O)[C@@H](N)CCCCN)[C@@H](C)O)C(=O)N[C@@H](CCC(=O)O)C(=O)N[C@@H](CCC(N)=O)C(=O)N[C@@H](CCCCN)C(=O)O. The van der Waals surface area contributed by atoms with Gasteiger partial charge in [0.2, 0.25) is 53.2 Å². The normalized spacial score (nSPS) is 15.3. The molecule has 0 aliphatic rings. The molecule has 450 valence electrons. The minimum atomic E-state index is -1.84. The van der Waals surface area contributed by atoms with E-state index in [-0.39, 0.29) is 63.5 Å². The zero-order chi connectivity index (χ0) is 60.5. The third-order valence-corrected chi connectivity index (χ3v) is 12.2. The first kappa shape index (κ1) is 71.8. The number of nitrogens with zero attached hydrogens (tertiary/aromatic N) is 1. The van der Waals surface area contributed by atoms with Gasteiger partial charge in [0.25, 0.3) is 0 Å². The van der Waals surface area contributed by atoms with Crippen LogP contribution in [0.5, 0.6) is 0 Å². The van der Waals surface area contributed by atoms with Crippen LogP contribution in [0.25, 0.3) is 0 Å². The number of carboxylic acid groups (broad SMARTS) is 3. The van der Waals surface area contributed by atoms with Crippen molar-refractivity contribution in [3.8, 4) is 0 Å². The van der Waals surface area contributed by atoms with Crippen LogP contribution in [0.4, 0.5) is 0 Å². The number of guanidine groups is 1. The van der Waals surface area contributed by atoms with Crippen LogP contribution in [0, 0.1) is 11.8 Å². The van der Waals surface area contributed by atoms with E-state index < -0.39 is 170 Å². The van der Waals surface area contributed by atoms with Crippen molar-refractivity contribution in [2.45, 2.75) is 191 Å². The van der Waals surface area contributed by atoms with E-state index in [1.54, 1.807) is 27.7 Å². The van der Waals surface area contributed by atoms with Gasteiger partial charge in [-0.15, -0.1) is 0 Å². The van der Waals surface area contributed by atoms with Crippen molar-refractivity contribution in [2.75, 3.05) is 19.6 Å². The van der Waals surface area contributed by atoms with Crippen molar-refractivity contribution >= 4 is 77.0 Å². The molecule has 0 radical (unpaired) electrons. The number of aliphatic imine (C=N–C) groups is 1. The summed E-state index contributed by atoms with van der Waals surface area (Å²) < 4.78 is 0. The molecule has 79 heavy (non-hydrogen) atoms. The molecule has 0 unspecified atom stereocenters. The second kappa shape index (κ2) is 38.3. The van der Waals surface area contributed by atoms with E-state index in [2.05, 4.69) is 47.5 Å². The minimum Gasteiger partial charge on any atom is -0.481 e. The maximum Gasteiger partial charge on any atom is 0.326 e. The Labute approximate surface area is 458 Å². The monoisotopic (exact) mass is 1130 g/mol. The lowest BCUT2D eigenvalue weighted by molar-refractivity contribution is -0.143. The highest BCUT2D eigenvalue weighted by atomic mass is 16.4. The first-order chi connectivity index (χ1) is 37.0. The third kappa shape index (κ3) is 29.9. The molecule has 0 aliphatic heterocycles. The Morgan fingerprint density at radius 2 is 0.911 bits per heavy atom. The number of hydrogen-bond donors (Lipinski definition) is 18. The number of nitrogens with one attached hydrogen (secondary N) is 8. The van der Waals surface area contributed by atoms with E-state index in [0.29, 0.717) is 32.2 Å². The highest BCUT2D eigenvalue weighted by Gasteiger charge is 2.38. The first-order valence-electron chi connectivity index (χ1n) is 26.3. The molecular weight excluding hydrogens is 1040 g/mol. The Kier molecular flexibility index (Phi) is 34.8. The highest BCUT2D eigenvalue weighted by Crippen LogP contribution is 2.14. The number of aliphatic carboxylic acids is 3. The molecule has 0 bridgehead atoms. The fourth-order valence-electron chi connectivity index (χ4n) is 7.57. The van der Waals surface area contributed by atoms with Crippen molar-refractivity contribution in [1.29, 1.82) is 0 Å². The van der Waals surface area contributed by atoms with Crippen LogP contribution in [-0.4, -0.2) is 178 Å². The lowest BCUT2D eigenvalue weighted by Crippen LogP contribution is -2.62. The predicted molar refractivity (Wildman–Crippen MR) is 285 cm³/mol. The number of nitrogens with two attached hydrogens (primary N) is 6. The lowest BCUT2D eigenvalue weighted by Gasteiger charge is -2.30. The zero-order valence-corrected chi connectivity index (χ0v) is 45.8. The van der Waals surface area contributed by atoms with Gasteiger partial charge in [-0.3, -0.25) is 57.7 Å². The second-order valence-electron chi connectivity index (χ2n) is 19.6. The number of carboxylic acids is 3. The zero-order valence-electron chi connectivity index (χ0n) is 45.8. The molecule has 0 saturated heterocycles. The van der Waals surface area contributed by atoms with Crippen LogP contribution in [0.3, 0.4) is 0 Å². The van der Waals surface area contributed by atoms with Crippen molar-refractivity contribution < 1.29 is 78.0 Å². The number of unbranched alkanes of at least 4 members (excludes halogenated alkanes) is 2. The van der Waals surface area contributed by atoms with Gasteiger partial charge in [0.05, 0.1) is 18.6 Å². The Morgan fingerprint density at radius 3 is 1.39 bits per heavy atom. The summed E-state index contributed by atoms with van der Waals surface area (Å²) in [5.74, 6) is -14.8. The first-order valence-corrected chi connectivity index (χ1v) is 26.3. The molecule has 0 rings (SSSR count). The second-order valence-corrected chi connectivity index (χ2v) is 19.6. The number of hydrogen-bond acceptors (Lipinski definition) is 17. The number of primary amides is 1. The molecule has 0 aromatic heterocycles. The van der Waals surface area contributed by atoms with Crippen LogP contribution in [0.2, 0.25) is 0 Å². The highest BCUT2D eigenvalue weighted by molar-refractivity contribution is 5.99. The molecule has 0 aliphatic carbocycles. The van der Waals surface area contributed by atoms with Crippen LogP contribution >= 0.6 is 0 Å². The van der Waals surface area contributed by atoms with E-state index in [0.717, 1.165) is 6.92 Å². The van der Waals surface area contributed by atoms with E-state index in [1.807, 2.05) is 0 Å². The molecule has 0 fully saturated rings. The number of aliphatic hydroxyl groups excluding tert-OH is 1. The van der Waals surface area contributed by atoms with Crippen LogP contribution in [0.15, 0.2) is 4.99 Å². The summed E-state index contributed by atoms with van der Waals surface area (Å²) in [7, 11) is 0. The summed E-state index contributed by atoms with van der Waals surface area (Å²) in [4.78, 5) is 161. The summed E-state index contributed by atoms with van der Waals surface area (Å²) >= 11 is 0. The summed E-state index contributed by atoms with van der Waals surface area (Å²) in [6.45, 7) is 8.27. The Hall–Kier alpha value is -7.25. The summed E-state index contributed by atoms with van der Waals surface area (Å²) in [5.41, 5.74) is 33.1. The van der Waals surface area contributed by atoms with E-state index in [9.17, 15) is 78.0 Å². The molecule has 0 aromatic rings. The maximum atomic E-state index is 14.2. The Morgan fingerprint density at radius 1 is 0.481 bits per heavy atom. The predicted octanol–water partition coefficient (Wildman–Crippen LogP) is -5.33. The number of aliphatic hydroxyl groups is 1. The van der Waals surface area contributed by atoms with Crippen molar-refractivity contribution in [1.82, 2.24) is 42.5 Å². The molecule has 0 aromatic carbocycles. The topological polar surface area (TPSA) is 550 Å². The minimum absolute atomic E-state index is 0.0240. The van der Waals surface area contributed by atoms with Gasteiger partial charge in [0.1, 0.15) is 48.3 Å². The number of amides is 9. The maximum absolute atomic E-state index is 14.2. The number of carbonyl (C=O) groups excluding carboxylic acids is 9. The van der Waals surface area contributed by atoms with Gasteiger partial charge < -0.3 is 97.4 Å². The molecule has 9 amide bonds. The molecule has 31 heteroatoms. The Bertz CT molecular complexity index is 2080. The van der Waals surface area contributed by atoms with Gasteiger partial charge in [-0.1, -0.05) is 40.5 Å². The molecule has 0 heterocycles. The van der Waals surface area contributed by atoms with Crippen LogP contribution < -0.4 is 76.9 Å². The molecule has 0 saturated carbocycles. The van der Waals surface area contributed by atoms with Gasteiger partial charge >= 0.3 is 17.9 Å².